The van der Waals surface area contributed by atoms with Gasteiger partial charge in [0.2, 0.25) is 0 Å². The van der Waals surface area contributed by atoms with E-state index in [0.29, 0.717) is 19.1 Å². The minimum absolute atomic E-state index is 0.158. The molecular weight excluding hydrogens is 438 g/mol. The zero-order valence-corrected chi connectivity index (χ0v) is 19.1. The highest BCUT2D eigenvalue weighted by atomic mass is 35.5. The number of ether oxygens (including phenoxy) is 3. The summed E-state index contributed by atoms with van der Waals surface area (Å²) in [6.45, 7) is 2.77. The fourth-order valence-corrected chi connectivity index (χ4v) is 5.39. The van der Waals surface area contributed by atoms with Gasteiger partial charge in [0.25, 0.3) is 0 Å². The number of para-hydroxylation sites is 1. The Morgan fingerprint density at radius 1 is 0.970 bits per heavy atom. The molecule has 3 unspecified atom stereocenters. The number of hydrogen-bond acceptors (Lipinski definition) is 6. The standard InChI is InChI=1S/C26H26ClN3O3/c1-31-22-5-3-2-4-17(22)14-30-15-20-25(16-6-8-18(27)9-7-16)28-29-26(20)19-12-23-24(13-21(19)30)33-11-10-32-23/h2-9,12-13,20,25-26,28-29H,10-11,14-15H2,1H3. The van der Waals surface area contributed by atoms with E-state index in [4.69, 9.17) is 25.8 Å². The van der Waals surface area contributed by atoms with Crippen molar-refractivity contribution in [3.8, 4) is 17.2 Å². The second-order valence-corrected chi connectivity index (χ2v) is 9.14. The SMILES string of the molecule is COc1ccccc1CN1CC2C(c3ccc(Cl)cc3)NNC2c2cc3c(cc21)OCCO3. The van der Waals surface area contributed by atoms with Crippen molar-refractivity contribution >= 4 is 17.3 Å². The maximum atomic E-state index is 6.15. The first kappa shape index (κ1) is 20.7. The van der Waals surface area contributed by atoms with E-state index in [9.17, 15) is 0 Å². The lowest BCUT2D eigenvalue weighted by atomic mass is 9.81. The Morgan fingerprint density at radius 3 is 2.48 bits per heavy atom. The number of nitrogens with one attached hydrogen (secondary N) is 2. The topological polar surface area (TPSA) is 55.0 Å². The fraction of sp³-hybridized carbons (Fsp3) is 0.308. The molecule has 0 aromatic heterocycles. The van der Waals surface area contributed by atoms with Crippen LogP contribution in [0.1, 0.15) is 28.8 Å². The summed E-state index contributed by atoms with van der Waals surface area (Å²) in [6.07, 6.45) is 0. The van der Waals surface area contributed by atoms with Crippen LogP contribution in [0.4, 0.5) is 5.69 Å². The van der Waals surface area contributed by atoms with E-state index < -0.39 is 0 Å². The van der Waals surface area contributed by atoms with E-state index in [2.05, 4.69) is 52.1 Å². The van der Waals surface area contributed by atoms with Crippen LogP contribution in [0.5, 0.6) is 17.2 Å². The van der Waals surface area contributed by atoms with Crippen molar-refractivity contribution in [1.29, 1.82) is 0 Å². The molecule has 3 atom stereocenters. The highest BCUT2D eigenvalue weighted by molar-refractivity contribution is 6.30. The summed E-state index contributed by atoms with van der Waals surface area (Å²) in [6, 6.07) is 20.9. The van der Waals surface area contributed by atoms with Gasteiger partial charge in [0.1, 0.15) is 19.0 Å². The van der Waals surface area contributed by atoms with E-state index >= 15 is 0 Å². The normalized spacial score (nSPS) is 23.1. The van der Waals surface area contributed by atoms with Gasteiger partial charge in [-0.25, -0.2) is 10.9 Å². The average molecular weight is 464 g/mol. The number of fused-ring (bicyclic) bond motifs is 4. The van der Waals surface area contributed by atoms with E-state index in [1.807, 2.05) is 24.3 Å². The molecule has 1 saturated heterocycles. The number of halogens is 1. The van der Waals surface area contributed by atoms with Gasteiger partial charge in [0.05, 0.1) is 19.2 Å². The van der Waals surface area contributed by atoms with Crippen LogP contribution in [-0.2, 0) is 6.54 Å². The van der Waals surface area contributed by atoms with E-state index in [1.165, 1.54) is 11.1 Å². The Kier molecular flexibility index (Phi) is 5.29. The minimum atomic E-state index is 0.158. The Morgan fingerprint density at radius 2 is 1.70 bits per heavy atom. The van der Waals surface area contributed by atoms with Crippen molar-refractivity contribution in [2.45, 2.75) is 18.6 Å². The first-order valence-electron chi connectivity index (χ1n) is 11.3. The van der Waals surface area contributed by atoms with E-state index in [-0.39, 0.29) is 12.1 Å². The molecule has 3 heterocycles. The van der Waals surface area contributed by atoms with Gasteiger partial charge in [-0.2, -0.15) is 0 Å². The Hall–Kier alpha value is -2.93. The lowest BCUT2D eigenvalue weighted by Crippen LogP contribution is -2.39. The summed E-state index contributed by atoms with van der Waals surface area (Å²) >= 11 is 6.15. The van der Waals surface area contributed by atoms with Crippen LogP contribution in [0.3, 0.4) is 0 Å². The first-order chi connectivity index (χ1) is 16.2. The van der Waals surface area contributed by atoms with Gasteiger partial charge in [-0.1, -0.05) is 41.9 Å². The lowest BCUT2D eigenvalue weighted by Gasteiger charge is -2.40. The molecule has 0 radical (unpaired) electrons. The molecule has 1 fully saturated rings. The van der Waals surface area contributed by atoms with Gasteiger partial charge in [-0.3, -0.25) is 0 Å². The number of methoxy groups -OCH3 is 1. The molecule has 3 aliphatic heterocycles. The van der Waals surface area contributed by atoms with Crippen LogP contribution in [0.25, 0.3) is 0 Å². The van der Waals surface area contributed by atoms with Crippen molar-refractivity contribution < 1.29 is 14.2 Å². The zero-order chi connectivity index (χ0) is 22.4. The highest BCUT2D eigenvalue weighted by Crippen LogP contribution is 2.49. The molecule has 2 N–H and O–H groups in total. The molecule has 33 heavy (non-hydrogen) atoms. The molecule has 0 spiro atoms. The molecule has 6 nitrogen and oxygen atoms in total. The number of hydrogen-bond donors (Lipinski definition) is 2. The summed E-state index contributed by atoms with van der Waals surface area (Å²) < 4.78 is 17.5. The van der Waals surface area contributed by atoms with Gasteiger partial charge >= 0.3 is 0 Å². The van der Waals surface area contributed by atoms with Crippen LogP contribution in [0.15, 0.2) is 60.7 Å². The molecule has 0 amide bonds. The van der Waals surface area contributed by atoms with E-state index in [0.717, 1.165) is 46.6 Å². The van der Waals surface area contributed by atoms with Crippen molar-refractivity contribution in [3.05, 3.63) is 82.4 Å². The number of benzene rings is 3. The zero-order valence-electron chi connectivity index (χ0n) is 18.4. The molecule has 3 aliphatic rings. The summed E-state index contributed by atoms with van der Waals surface area (Å²) in [4.78, 5) is 2.43. The third kappa shape index (κ3) is 3.68. The smallest absolute Gasteiger partial charge is 0.163 e. The van der Waals surface area contributed by atoms with Crippen molar-refractivity contribution in [2.75, 3.05) is 31.8 Å². The molecule has 0 bridgehead atoms. The molecule has 0 saturated carbocycles. The molecule has 170 valence electrons. The minimum Gasteiger partial charge on any atom is -0.496 e. The maximum absolute atomic E-state index is 6.15. The average Bonchev–Trinajstić information content (AvgIpc) is 3.28. The number of nitrogens with zero attached hydrogens (tertiary/aromatic N) is 1. The van der Waals surface area contributed by atoms with E-state index in [1.54, 1.807) is 7.11 Å². The van der Waals surface area contributed by atoms with Crippen LogP contribution in [0, 0.1) is 5.92 Å². The van der Waals surface area contributed by atoms with Gasteiger partial charge in [0.15, 0.2) is 11.5 Å². The Bertz CT molecular complexity index is 1170. The van der Waals surface area contributed by atoms with Gasteiger partial charge in [0, 0.05) is 41.3 Å². The Labute approximate surface area is 198 Å². The number of rotatable bonds is 4. The predicted octanol–water partition coefficient (Wildman–Crippen LogP) is 4.65. The number of hydrazine groups is 1. The van der Waals surface area contributed by atoms with Crippen LogP contribution in [-0.4, -0.2) is 26.9 Å². The second kappa shape index (κ2) is 8.45. The quantitative estimate of drug-likeness (QED) is 0.587. The van der Waals surface area contributed by atoms with Crippen LogP contribution < -0.4 is 30.0 Å². The molecular formula is C26H26ClN3O3. The van der Waals surface area contributed by atoms with Crippen LogP contribution in [0.2, 0.25) is 5.02 Å². The summed E-state index contributed by atoms with van der Waals surface area (Å²) in [5, 5.41) is 0.747. The third-order valence-electron chi connectivity index (χ3n) is 6.83. The lowest BCUT2D eigenvalue weighted by molar-refractivity contribution is 0.171. The first-order valence-corrected chi connectivity index (χ1v) is 11.7. The second-order valence-electron chi connectivity index (χ2n) is 8.71. The molecule has 0 aliphatic carbocycles. The molecule has 3 aromatic rings. The molecule has 6 rings (SSSR count). The third-order valence-corrected chi connectivity index (χ3v) is 7.08. The molecule has 7 heteroatoms. The monoisotopic (exact) mass is 463 g/mol. The highest BCUT2D eigenvalue weighted by Gasteiger charge is 2.44. The summed E-state index contributed by atoms with van der Waals surface area (Å²) in [7, 11) is 1.72. The van der Waals surface area contributed by atoms with Gasteiger partial charge < -0.3 is 19.1 Å². The van der Waals surface area contributed by atoms with Gasteiger partial charge in [-0.15, -0.1) is 0 Å². The summed E-state index contributed by atoms with van der Waals surface area (Å²) in [5.74, 6) is 2.84. The van der Waals surface area contributed by atoms with Crippen molar-refractivity contribution in [2.24, 2.45) is 5.92 Å². The fourth-order valence-electron chi connectivity index (χ4n) is 5.26. The Balaban J connectivity index is 1.41. The summed E-state index contributed by atoms with van der Waals surface area (Å²) in [5.41, 5.74) is 11.9. The maximum Gasteiger partial charge on any atom is 0.163 e. The molecule has 3 aromatic carbocycles. The van der Waals surface area contributed by atoms with Gasteiger partial charge in [-0.05, 0) is 35.4 Å². The largest absolute Gasteiger partial charge is 0.496 e. The number of anilines is 1. The predicted molar refractivity (Wildman–Crippen MR) is 128 cm³/mol. The van der Waals surface area contributed by atoms with Crippen molar-refractivity contribution in [3.63, 3.8) is 0 Å². The van der Waals surface area contributed by atoms with Crippen molar-refractivity contribution in [1.82, 2.24) is 10.9 Å². The van der Waals surface area contributed by atoms with Crippen LogP contribution >= 0.6 is 11.6 Å².